The van der Waals surface area contributed by atoms with Gasteiger partial charge in [-0.1, -0.05) is 48.4 Å². The molecule has 0 aliphatic carbocycles. The molecular formula is C23H23ClN2O3. The van der Waals surface area contributed by atoms with Gasteiger partial charge in [0.05, 0.1) is 11.4 Å². The molecule has 6 heteroatoms. The van der Waals surface area contributed by atoms with E-state index in [1.807, 2.05) is 18.2 Å². The Balaban J connectivity index is 1.54. The molecule has 3 aromatic rings. The summed E-state index contributed by atoms with van der Waals surface area (Å²) in [6.45, 7) is 2.48. The average Bonchev–Trinajstić information content (AvgIpc) is 2.75. The van der Waals surface area contributed by atoms with Gasteiger partial charge in [0.25, 0.3) is 5.91 Å². The number of carbonyl (C=O) groups excluding carboxylic acids is 1. The molecule has 0 spiro atoms. The molecule has 0 bridgehead atoms. The number of nitrogens with zero attached hydrogens (tertiary/aromatic N) is 1. The van der Waals surface area contributed by atoms with Gasteiger partial charge in [-0.05, 0) is 49.7 Å². The summed E-state index contributed by atoms with van der Waals surface area (Å²) >= 11 is 5.95. The van der Waals surface area contributed by atoms with Crippen LogP contribution in [0.2, 0.25) is 5.02 Å². The molecule has 5 nitrogen and oxygen atoms in total. The van der Waals surface area contributed by atoms with Gasteiger partial charge in [-0.3, -0.25) is 14.5 Å². The molecule has 29 heavy (non-hydrogen) atoms. The Hall–Kier alpha value is -2.63. The summed E-state index contributed by atoms with van der Waals surface area (Å²) in [5.41, 5.74) is 1.24. The Morgan fingerprint density at radius 1 is 1.07 bits per heavy atom. The van der Waals surface area contributed by atoms with Gasteiger partial charge in [0.2, 0.25) is 0 Å². The van der Waals surface area contributed by atoms with E-state index in [0.717, 1.165) is 13.1 Å². The van der Waals surface area contributed by atoms with Crippen LogP contribution in [-0.2, 0) is 0 Å². The van der Waals surface area contributed by atoms with Gasteiger partial charge in [0, 0.05) is 17.6 Å². The lowest BCUT2D eigenvalue weighted by molar-refractivity contribution is 0.0897. The first-order valence-corrected chi connectivity index (χ1v) is 10.3. The molecule has 4 rings (SSSR count). The summed E-state index contributed by atoms with van der Waals surface area (Å²) in [6.07, 6.45) is 3.58. The second kappa shape index (κ2) is 8.80. The molecule has 2 aromatic carbocycles. The van der Waals surface area contributed by atoms with Crippen molar-refractivity contribution < 1.29 is 9.21 Å². The zero-order valence-corrected chi connectivity index (χ0v) is 16.8. The highest BCUT2D eigenvalue weighted by atomic mass is 35.5. The second-order valence-electron chi connectivity index (χ2n) is 7.35. The highest BCUT2D eigenvalue weighted by molar-refractivity contribution is 6.31. The fourth-order valence-corrected chi connectivity index (χ4v) is 4.05. The van der Waals surface area contributed by atoms with Crippen molar-refractivity contribution in [1.29, 1.82) is 0 Å². The summed E-state index contributed by atoms with van der Waals surface area (Å²) in [6, 6.07) is 16.3. The Bertz CT molecular complexity index is 1060. The number of hydrogen-bond donors (Lipinski definition) is 1. The van der Waals surface area contributed by atoms with E-state index < -0.39 is 5.91 Å². The maximum Gasteiger partial charge on any atom is 0.287 e. The predicted molar refractivity (Wildman–Crippen MR) is 114 cm³/mol. The summed E-state index contributed by atoms with van der Waals surface area (Å²) in [4.78, 5) is 27.5. The Kier molecular flexibility index (Phi) is 5.97. The van der Waals surface area contributed by atoms with Crippen LogP contribution in [0.4, 0.5) is 0 Å². The molecule has 1 aliphatic heterocycles. The lowest BCUT2D eigenvalue weighted by Gasteiger charge is -2.35. The maximum atomic E-state index is 12.7. The van der Waals surface area contributed by atoms with Gasteiger partial charge in [-0.25, -0.2) is 0 Å². The van der Waals surface area contributed by atoms with Gasteiger partial charge in [-0.2, -0.15) is 0 Å². The number of rotatable bonds is 5. The highest BCUT2D eigenvalue weighted by Gasteiger charge is 2.23. The average molecular weight is 411 g/mol. The van der Waals surface area contributed by atoms with E-state index in [-0.39, 0.29) is 17.2 Å². The zero-order valence-electron chi connectivity index (χ0n) is 16.1. The first kappa shape index (κ1) is 19.7. The van der Waals surface area contributed by atoms with E-state index >= 15 is 0 Å². The van der Waals surface area contributed by atoms with Crippen LogP contribution in [0, 0.1) is 0 Å². The van der Waals surface area contributed by atoms with Crippen molar-refractivity contribution in [3.8, 4) is 0 Å². The molecule has 150 valence electrons. The number of fused-ring (bicyclic) bond motifs is 1. The number of halogens is 1. The molecule has 2 heterocycles. The number of piperidine rings is 1. The van der Waals surface area contributed by atoms with Gasteiger partial charge in [-0.15, -0.1) is 0 Å². The van der Waals surface area contributed by atoms with E-state index in [1.165, 1.54) is 30.9 Å². The lowest BCUT2D eigenvalue weighted by atomic mass is 10.0. The Labute approximate surface area is 174 Å². The molecule has 1 aromatic heterocycles. The number of likely N-dealkylation sites (tertiary alicyclic amines) is 1. The quantitative estimate of drug-likeness (QED) is 0.677. The van der Waals surface area contributed by atoms with Crippen LogP contribution in [0.25, 0.3) is 11.0 Å². The van der Waals surface area contributed by atoms with Crippen molar-refractivity contribution in [2.24, 2.45) is 0 Å². The minimum Gasteiger partial charge on any atom is -0.451 e. The van der Waals surface area contributed by atoms with Crippen molar-refractivity contribution in [1.82, 2.24) is 10.2 Å². The molecular weight excluding hydrogens is 388 g/mol. The van der Waals surface area contributed by atoms with Crippen molar-refractivity contribution >= 4 is 28.5 Å². The van der Waals surface area contributed by atoms with Crippen LogP contribution in [-0.4, -0.2) is 30.4 Å². The third-order valence-electron chi connectivity index (χ3n) is 5.38. The third-order valence-corrected chi connectivity index (χ3v) is 5.62. The fourth-order valence-electron chi connectivity index (χ4n) is 3.88. The molecule has 1 aliphatic rings. The minimum absolute atomic E-state index is 0.00952. The van der Waals surface area contributed by atoms with Crippen LogP contribution in [0.15, 0.2) is 63.8 Å². The van der Waals surface area contributed by atoms with Crippen molar-refractivity contribution in [3.05, 3.63) is 81.2 Å². The summed E-state index contributed by atoms with van der Waals surface area (Å²) in [5, 5.41) is 3.78. The molecule has 0 radical (unpaired) electrons. The smallest absolute Gasteiger partial charge is 0.287 e. The van der Waals surface area contributed by atoms with Crippen LogP contribution in [0.5, 0.6) is 0 Å². The Morgan fingerprint density at radius 3 is 2.59 bits per heavy atom. The first-order valence-electron chi connectivity index (χ1n) is 9.92. The summed E-state index contributed by atoms with van der Waals surface area (Å²) < 4.78 is 5.66. The monoisotopic (exact) mass is 410 g/mol. The van der Waals surface area contributed by atoms with E-state index in [0.29, 0.717) is 22.5 Å². The van der Waals surface area contributed by atoms with E-state index in [2.05, 4.69) is 22.3 Å². The van der Waals surface area contributed by atoms with Crippen LogP contribution >= 0.6 is 11.6 Å². The van der Waals surface area contributed by atoms with Gasteiger partial charge >= 0.3 is 0 Å². The van der Waals surface area contributed by atoms with Crippen LogP contribution < -0.4 is 10.7 Å². The molecule has 1 N–H and O–H groups in total. The molecule has 1 amide bonds. The van der Waals surface area contributed by atoms with Crippen molar-refractivity contribution in [2.75, 3.05) is 19.6 Å². The number of hydrogen-bond acceptors (Lipinski definition) is 4. The largest absolute Gasteiger partial charge is 0.451 e. The maximum absolute atomic E-state index is 12.7. The second-order valence-corrected chi connectivity index (χ2v) is 7.78. The van der Waals surface area contributed by atoms with Crippen LogP contribution in [0.1, 0.15) is 41.4 Å². The molecule has 1 saturated heterocycles. The number of benzene rings is 2. The molecule has 0 unspecified atom stereocenters. The molecule has 1 fully saturated rings. The zero-order chi connectivity index (χ0) is 20.2. The van der Waals surface area contributed by atoms with Gasteiger partial charge in [0.1, 0.15) is 5.58 Å². The van der Waals surface area contributed by atoms with Gasteiger partial charge in [0.15, 0.2) is 11.2 Å². The van der Waals surface area contributed by atoms with E-state index in [9.17, 15) is 9.59 Å². The normalized spacial score (nSPS) is 15.9. The number of amides is 1. The molecule has 0 saturated carbocycles. The van der Waals surface area contributed by atoms with Gasteiger partial charge < -0.3 is 9.73 Å². The summed E-state index contributed by atoms with van der Waals surface area (Å²) in [5.74, 6) is -0.382. The first-order chi connectivity index (χ1) is 14.1. The Morgan fingerprint density at radius 2 is 1.83 bits per heavy atom. The topological polar surface area (TPSA) is 62.6 Å². The minimum atomic E-state index is -0.392. The lowest BCUT2D eigenvalue weighted by Crippen LogP contribution is -2.40. The van der Waals surface area contributed by atoms with E-state index in [1.54, 1.807) is 18.2 Å². The standard InChI is InChI=1S/C23H23ClN2O3/c24-17-9-10-21-18(13-17)20(27)14-22(29-21)23(28)25-15-19(16-7-3-1-4-8-16)26-11-5-2-6-12-26/h1,3-4,7-10,13-14,19H,2,5-6,11-12,15H2,(H,25,28)/t19-/m0/s1. The number of nitrogens with one attached hydrogen (secondary N) is 1. The number of carbonyl (C=O) groups is 1. The highest BCUT2D eigenvalue weighted by Crippen LogP contribution is 2.24. The van der Waals surface area contributed by atoms with Crippen molar-refractivity contribution in [3.63, 3.8) is 0 Å². The van der Waals surface area contributed by atoms with E-state index in [4.69, 9.17) is 16.0 Å². The molecule has 1 atom stereocenters. The predicted octanol–water partition coefficient (Wildman–Crippen LogP) is 4.40. The third kappa shape index (κ3) is 4.52. The summed E-state index contributed by atoms with van der Waals surface area (Å²) in [7, 11) is 0. The van der Waals surface area contributed by atoms with Crippen molar-refractivity contribution in [2.45, 2.75) is 25.3 Å². The SMILES string of the molecule is O=C(NC[C@@H](c1ccccc1)N1CCCCC1)c1cc(=O)c2cc(Cl)ccc2o1. The fraction of sp³-hybridized carbons (Fsp3) is 0.304. The van der Waals surface area contributed by atoms with Crippen LogP contribution in [0.3, 0.4) is 0 Å².